The van der Waals surface area contributed by atoms with Crippen molar-refractivity contribution < 1.29 is 24.5 Å². The Bertz CT molecular complexity index is 352. The Hall–Kier alpha value is -1.96. The summed E-state index contributed by atoms with van der Waals surface area (Å²) in [4.78, 5) is 36.7. The third kappa shape index (κ3) is 3.02. The van der Waals surface area contributed by atoms with Gasteiger partial charge in [0, 0.05) is 0 Å². The number of carbonyl (C=O) groups is 3. The summed E-state index contributed by atoms with van der Waals surface area (Å²) in [6.07, 6.45) is 0. The van der Waals surface area contributed by atoms with Crippen LogP contribution in [0.4, 0.5) is 0 Å². The fraction of sp³-hybridized carbons (Fsp3) is 0.500. The summed E-state index contributed by atoms with van der Waals surface area (Å²) >= 11 is 0. The van der Waals surface area contributed by atoms with Crippen LogP contribution < -0.4 is 16.0 Å². The summed E-state index contributed by atoms with van der Waals surface area (Å²) in [6.45, 7) is -0.450. The molecule has 1 rings (SSSR count). The number of carboxylic acids is 1. The van der Waals surface area contributed by atoms with E-state index >= 15 is 0 Å². The van der Waals surface area contributed by atoms with Crippen LogP contribution in [0.2, 0.25) is 0 Å². The minimum absolute atomic E-state index is 0.110. The van der Waals surface area contributed by atoms with Crippen molar-refractivity contribution in [2.24, 2.45) is 5.73 Å². The second-order valence-corrected chi connectivity index (χ2v) is 3.15. The van der Waals surface area contributed by atoms with Gasteiger partial charge in [0.05, 0.1) is 6.54 Å². The summed E-state index contributed by atoms with van der Waals surface area (Å²) in [5.74, 6) is -1.46. The molecule has 0 aromatic rings. The number of carboxylic acid groups (broad SMARTS) is 1. The maximum Gasteiger partial charge on any atom is 0.351 e. The van der Waals surface area contributed by atoms with E-state index < -0.39 is 18.4 Å². The standard InChI is InChI=1S/C8H12N4O4/c9-1-5-10-2-7(14)12(5)4-6(13)11-3-8(15)16/h1-4,9H2,(H,11,13)(H,15,16)/p+1. The van der Waals surface area contributed by atoms with E-state index in [0.29, 0.717) is 5.84 Å². The van der Waals surface area contributed by atoms with Gasteiger partial charge in [0.15, 0.2) is 13.1 Å². The minimum atomic E-state index is -1.14. The molecule has 5 N–H and O–H groups in total. The highest BCUT2D eigenvalue weighted by Gasteiger charge is 2.34. The van der Waals surface area contributed by atoms with E-state index in [9.17, 15) is 14.4 Å². The summed E-state index contributed by atoms with van der Waals surface area (Å²) in [7, 11) is 0. The van der Waals surface area contributed by atoms with Crippen LogP contribution >= 0.6 is 0 Å². The first kappa shape index (κ1) is 12.1. The summed E-state index contributed by atoms with van der Waals surface area (Å²) in [5.41, 5.74) is 5.37. The molecule has 0 bridgehead atoms. The first-order valence-electron chi connectivity index (χ1n) is 4.63. The van der Waals surface area contributed by atoms with E-state index in [1.54, 1.807) is 0 Å². The van der Waals surface area contributed by atoms with E-state index in [-0.39, 0.29) is 25.5 Å². The number of aliphatic carboxylic acids is 1. The molecule has 0 spiro atoms. The zero-order valence-corrected chi connectivity index (χ0v) is 8.52. The Kier molecular flexibility index (Phi) is 3.95. The van der Waals surface area contributed by atoms with Gasteiger partial charge in [-0.2, -0.15) is 4.90 Å². The van der Waals surface area contributed by atoms with Crippen LogP contribution in [0.3, 0.4) is 0 Å². The van der Waals surface area contributed by atoms with Crippen LogP contribution in [0, 0.1) is 0 Å². The average Bonchev–Trinajstić information content (AvgIpc) is 2.57. The molecule has 8 nitrogen and oxygen atoms in total. The van der Waals surface area contributed by atoms with Gasteiger partial charge in [-0.05, 0) is 0 Å². The van der Waals surface area contributed by atoms with E-state index in [1.165, 1.54) is 4.90 Å². The van der Waals surface area contributed by atoms with E-state index in [1.807, 2.05) is 0 Å². The summed E-state index contributed by atoms with van der Waals surface area (Å²) < 4.78 is 0. The van der Waals surface area contributed by atoms with Gasteiger partial charge in [-0.3, -0.25) is 14.6 Å². The van der Waals surface area contributed by atoms with Crippen molar-refractivity contribution in [2.75, 3.05) is 26.2 Å². The Morgan fingerprint density at radius 1 is 1.56 bits per heavy atom. The number of nitrogens with one attached hydrogen (secondary N) is 2. The SMILES string of the molecule is NCC1=[NH+]CC(=O)N1CC(=O)NCC(=O)O. The number of nitrogens with zero attached hydrogens (tertiary/aromatic N) is 1. The molecule has 1 heterocycles. The van der Waals surface area contributed by atoms with Crippen LogP contribution in [0.15, 0.2) is 0 Å². The smallest absolute Gasteiger partial charge is 0.351 e. The third-order valence-electron chi connectivity index (χ3n) is 2.00. The van der Waals surface area contributed by atoms with Crippen molar-refractivity contribution in [3.8, 4) is 0 Å². The van der Waals surface area contributed by atoms with Crippen LogP contribution in [-0.2, 0) is 14.4 Å². The highest BCUT2D eigenvalue weighted by atomic mass is 16.4. The molecular formula is C8H13N4O4+. The molecule has 1 aliphatic heterocycles. The van der Waals surface area contributed by atoms with Gasteiger partial charge < -0.3 is 16.2 Å². The maximum atomic E-state index is 11.3. The minimum Gasteiger partial charge on any atom is -0.480 e. The number of rotatable bonds is 5. The largest absolute Gasteiger partial charge is 0.480 e. The molecule has 0 radical (unpaired) electrons. The molecule has 0 unspecified atom stereocenters. The lowest BCUT2D eigenvalue weighted by molar-refractivity contribution is -0.438. The summed E-state index contributed by atoms with van der Waals surface area (Å²) in [6, 6.07) is 0. The maximum absolute atomic E-state index is 11.3. The quantitative estimate of drug-likeness (QED) is 0.377. The topological polar surface area (TPSA) is 127 Å². The van der Waals surface area contributed by atoms with E-state index in [2.05, 4.69) is 10.3 Å². The van der Waals surface area contributed by atoms with Gasteiger partial charge in [0.1, 0.15) is 6.54 Å². The first-order valence-corrected chi connectivity index (χ1v) is 4.63. The lowest BCUT2D eigenvalue weighted by Gasteiger charge is -2.08. The lowest BCUT2D eigenvalue weighted by Crippen LogP contribution is -2.72. The van der Waals surface area contributed by atoms with Crippen LogP contribution in [0.1, 0.15) is 0 Å². The molecule has 0 aromatic heterocycles. The van der Waals surface area contributed by atoms with Crippen molar-refractivity contribution in [1.82, 2.24) is 10.2 Å². The van der Waals surface area contributed by atoms with Crippen molar-refractivity contribution in [3.05, 3.63) is 0 Å². The van der Waals surface area contributed by atoms with Gasteiger partial charge in [0.2, 0.25) is 0 Å². The molecule has 8 heteroatoms. The van der Waals surface area contributed by atoms with Crippen LogP contribution in [0.5, 0.6) is 0 Å². The number of nitrogens with two attached hydrogens (primary N) is 1. The summed E-state index contributed by atoms with van der Waals surface area (Å²) in [5, 5.41) is 10.5. The molecule has 16 heavy (non-hydrogen) atoms. The fourth-order valence-corrected chi connectivity index (χ4v) is 1.26. The normalized spacial score (nSPS) is 14.9. The molecule has 1 aliphatic rings. The van der Waals surface area contributed by atoms with Gasteiger partial charge in [0.25, 0.3) is 11.7 Å². The van der Waals surface area contributed by atoms with Crippen molar-refractivity contribution >= 4 is 23.6 Å². The Balaban J connectivity index is 2.47. The first-order chi connectivity index (χ1) is 7.54. The number of amidine groups is 1. The predicted octanol–water partition coefficient (Wildman–Crippen LogP) is -4.53. The van der Waals surface area contributed by atoms with Crippen LogP contribution in [-0.4, -0.2) is 59.8 Å². The van der Waals surface area contributed by atoms with Crippen molar-refractivity contribution in [1.29, 1.82) is 0 Å². The third-order valence-corrected chi connectivity index (χ3v) is 2.00. The number of hydrogen-bond donors (Lipinski definition) is 4. The molecule has 0 aromatic carbocycles. The Morgan fingerprint density at radius 2 is 2.25 bits per heavy atom. The van der Waals surface area contributed by atoms with Crippen molar-refractivity contribution in [3.63, 3.8) is 0 Å². The molecule has 0 aliphatic carbocycles. The molecular weight excluding hydrogens is 216 g/mol. The molecule has 0 fully saturated rings. The highest BCUT2D eigenvalue weighted by molar-refractivity contribution is 6.02. The van der Waals surface area contributed by atoms with Gasteiger partial charge >= 0.3 is 11.9 Å². The Morgan fingerprint density at radius 3 is 2.81 bits per heavy atom. The van der Waals surface area contributed by atoms with E-state index in [4.69, 9.17) is 10.8 Å². The highest BCUT2D eigenvalue weighted by Crippen LogP contribution is 1.91. The number of hydrogen-bond acceptors (Lipinski definition) is 4. The second-order valence-electron chi connectivity index (χ2n) is 3.15. The predicted molar refractivity (Wildman–Crippen MR) is 52.2 cm³/mol. The monoisotopic (exact) mass is 229 g/mol. The zero-order chi connectivity index (χ0) is 12.1. The lowest BCUT2D eigenvalue weighted by atomic mass is 10.4. The van der Waals surface area contributed by atoms with Crippen LogP contribution in [0.25, 0.3) is 0 Å². The Labute approximate surface area is 91.1 Å². The fourth-order valence-electron chi connectivity index (χ4n) is 1.26. The molecule has 0 atom stereocenters. The van der Waals surface area contributed by atoms with Crippen molar-refractivity contribution in [2.45, 2.75) is 0 Å². The zero-order valence-electron chi connectivity index (χ0n) is 8.52. The molecule has 0 saturated carbocycles. The molecule has 2 amide bonds. The number of amides is 2. The van der Waals surface area contributed by atoms with Gasteiger partial charge in [-0.15, -0.1) is 0 Å². The van der Waals surface area contributed by atoms with Gasteiger partial charge in [-0.25, -0.2) is 4.79 Å². The van der Waals surface area contributed by atoms with E-state index in [0.717, 1.165) is 0 Å². The second kappa shape index (κ2) is 5.21. The molecule has 88 valence electrons. The van der Waals surface area contributed by atoms with Gasteiger partial charge in [-0.1, -0.05) is 0 Å². The number of carbonyl (C=O) groups excluding carboxylic acids is 2. The molecule has 0 saturated heterocycles. The average molecular weight is 229 g/mol.